The van der Waals surface area contributed by atoms with Gasteiger partial charge < -0.3 is 13.6 Å². The molecule has 0 fully saturated rings. The zero-order chi connectivity index (χ0) is 13.9. The zero-order valence-corrected chi connectivity index (χ0v) is 12.2. The molecule has 0 saturated carbocycles. The molecule has 0 spiro atoms. The Labute approximate surface area is 123 Å². The average Bonchev–Trinajstić information content (AvgIpc) is 3.10. The summed E-state index contributed by atoms with van der Waals surface area (Å²) in [4.78, 5) is 0. The quantitative estimate of drug-likeness (QED) is 0.714. The highest BCUT2D eigenvalue weighted by molar-refractivity contribution is 9.10. The average molecular weight is 335 g/mol. The molecule has 0 bridgehead atoms. The first-order valence-electron chi connectivity index (χ1n) is 6.00. The van der Waals surface area contributed by atoms with Gasteiger partial charge in [0.25, 0.3) is 11.8 Å². The fraction of sp³-hybridized carbons (Fsp3) is 0.143. The second-order valence-corrected chi connectivity index (χ2v) is 5.09. The van der Waals surface area contributed by atoms with Gasteiger partial charge in [-0.3, -0.25) is 0 Å². The Morgan fingerprint density at radius 2 is 2.15 bits per heavy atom. The van der Waals surface area contributed by atoms with Gasteiger partial charge in [0.15, 0.2) is 6.10 Å². The van der Waals surface area contributed by atoms with E-state index in [1.54, 1.807) is 18.6 Å². The minimum absolute atomic E-state index is 0.336. The predicted molar refractivity (Wildman–Crippen MR) is 75.2 cm³/mol. The molecule has 0 aliphatic heterocycles. The van der Waals surface area contributed by atoms with E-state index < -0.39 is 0 Å². The molecule has 1 aromatic carbocycles. The van der Waals surface area contributed by atoms with E-state index in [0.29, 0.717) is 11.8 Å². The van der Waals surface area contributed by atoms with Gasteiger partial charge in [0, 0.05) is 4.47 Å². The molecule has 1 unspecified atom stereocenters. The van der Waals surface area contributed by atoms with Crippen LogP contribution in [0.15, 0.2) is 56.2 Å². The van der Waals surface area contributed by atoms with Gasteiger partial charge in [-0.05, 0) is 31.2 Å². The Hall–Kier alpha value is -2.08. The number of ether oxygens (including phenoxy) is 1. The maximum absolute atomic E-state index is 5.76. The number of nitrogens with zero attached hydrogens (tertiary/aromatic N) is 2. The molecule has 0 aliphatic carbocycles. The summed E-state index contributed by atoms with van der Waals surface area (Å²) in [7, 11) is 0. The largest absolute Gasteiger partial charge is 0.481 e. The smallest absolute Gasteiger partial charge is 0.257 e. The molecule has 0 radical (unpaired) electrons. The van der Waals surface area contributed by atoms with Crippen LogP contribution in [0, 0.1) is 0 Å². The lowest BCUT2D eigenvalue weighted by molar-refractivity contribution is 0.189. The van der Waals surface area contributed by atoms with Crippen molar-refractivity contribution in [2.24, 2.45) is 0 Å². The number of hydrogen-bond donors (Lipinski definition) is 0. The van der Waals surface area contributed by atoms with Gasteiger partial charge in [0.2, 0.25) is 0 Å². The Bertz CT molecular complexity index is 694. The molecular weight excluding hydrogens is 324 g/mol. The number of furan rings is 1. The second kappa shape index (κ2) is 5.50. The molecule has 2 heterocycles. The maximum atomic E-state index is 5.76. The monoisotopic (exact) mass is 334 g/mol. The topological polar surface area (TPSA) is 61.3 Å². The molecule has 0 amide bonds. The van der Waals surface area contributed by atoms with Crippen LogP contribution >= 0.6 is 15.9 Å². The van der Waals surface area contributed by atoms with E-state index in [1.807, 2.05) is 31.2 Å². The summed E-state index contributed by atoms with van der Waals surface area (Å²) in [5, 5.41) is 7.97. The lowest BCUT2D eigenvalue weighted by Gasteiger charge is -2.10. The summed E-state index contributed by atoms with van der Waals surface area (Å²) < 4.78 is 17.3. The Balaban J connectivity index is 1.76. The molecule has 20 heavy (non-hydrogen) atoms. The van der Waals surface area contributed by atoms with Gasteiger partial charge in [0.1, 0.15) is 12.0 Å². The third-order valence-corrected chi connectivity index (χ3v) is 3.16. The van der Waals surface area contributed by atoms with E-state index in [1.165, 1.54) is 0 Å². The molecule has 2 aromatic heterocycles. The molecule has 0 N–H and O–H groups in total. The molecule has 6 heteroatoms. The van der Waals surface area contributed by atoms with E-state index in [9.17, 15) is 0 Å². The third kappa shape index (κ3) is 2.75. The van der Waals surface area contributed by atoms with Gasteiger partial charge in [-0.15, -0.1) is 10.2 Å². The van der Waals surface area contributed by atoms with Gasteiger partial charge in [-0.1, -0.05) is 22.0 Å². The van der Waals surface area contributed by atoms with Crippen LogP contribution in [0.1, 0.15) is 18.9 Å². The van der Waals surface area contributed by atoms with Gasteiger partial charge >= 0.3 is 0 Å². The van der Waals surface area contributed by atoms with Crippen LogP contribution < -0.4 is 4.74 Å². The Morgan fingerprint density at radius 3 is 2.90 bits per heavy atom. The SMILES string of the molecule is CC(Oc1cccc(Br)c1)c1nnc(-c2ccoc2)o1. The first-order chi connectivity index (χ1) is 9.72. The second-order valence-electron chi connectivity index (χ2n) is 4.17. The number of rotatable bonds is 4. The van der Waals surface area contributed by atoms with E-state index in [-0.39, 0.29) is 6.10 Å². The molecule has 0 aliphatic rings. The lowest BCUT2D eigenvalue weighted by atomic mass is 10.3. The predicted octanol–water partition coefficient (Wildman–Crippen LogP) is 4.23. The van der Waals surface area contributed by atoms with Crippen LogP contribution in [-0.4, -0.2) is 10.2 Å². The van der Waals surface area contributed by atoms with Crippen LogP contribution in [-0.2, 0) is 0 Å². The van der Waals surface area contributed by atoms with Gasteiger partial charge in [-0.2, -0.15) is 0 Å². The fourth-order valence-electron chi connectivity index (χ4n) is 1.70. The van der Waals surface area contributed by atoms with E-state index in [4.69, 9.17) is 13.6 Å². The highest BCUT2D eigenvalue weighted by atomic mass is 79.9. The van der Waals surface area contributed by atoms with Crippen LogP contribution in [0.3, 0.4) is 0 Å². The lowest BCUT2D eigenvalue weighted by Crippen LogP contribution is -2.03. The van der Waals surface area contributed by atoms with Crippen molar-refractivity contribution >= 4 is 15.9 Å². The van der Waals surface area contributed by atoms with Crippen LogP contribution in [0.25, 0.3) is 11.5 Å². The van der Waals surface area contributed by atoms with Crippen LogP contribution in [0.2, 0.25) is 0 Å². The number of hydrogen-bond acceptors (Lipinski definition) is 5. The van der Waals surface area contributed by atoms with Crippen molar-refractivity contribution < 1.29 is 13.6 Å². The standard InChI is InChI=1S/C14H11BrN2O3/c1-9(19-12-4-2-3-11(15)7-12)13-16-17-14(20-13)10-5-6-18-8-10/h2-9H,1H3. The zero-order valence-electron chi connectivity index (χ0n) is 10.6. The number of halogens is 1. The van der Waals surface area contributed by atoms with Gasteiger partial charge in [0.05, 0.1) is 11.8 Å². The summed E-state index contributed by atoms with van der Waals surface area (Å²) in [6.07, 6.45) is 2.77. The fourth-order valence-corrected chi connectivity index (χ4v) is 2.07. The number of aromatic nitrogens is 2. The summed E-state index contributed by atoms with van der Waals surface area (Å²) in [5.74, 6) is 1.56. The van der Waals surface area contributed by atoms with E-state index >= 15 is 0 Å². The summed E-state index contributed by atoms with van der Waals surface area (Å²) in [5.41, 5.74) is 0.749. The van der Waals surface area contributed by atoms with Crippen LogP contribution in [0.5, 0.6) is 5.75 Å². The van der Waals surface area contributed by atoms with Crippen molar-refractivity contribution in [3.63, 3.8) is 0 Å². The highest BCUT2D eigenvalue weighted by Crippen LogP contribution is 2.26. The van der Waals surface area contributed by atoms with Crippen molar-refractivity contribution in [2.75, 3.05) is 0 Å². The van der Waals surface area contributed by atoms with E-state index in [0.717, 1.165) is 15.8 Å². The van der Waals surface area contributed by atoms with Crippen molar-refractivity contribution in [1.82, 2.24) is 10.2 Å². The molecule has 102 valence electrons. The molecule has 0 saturated heterocycles. The van der Waals surface area contributed by atoms with Crippen molar-refractivity contribution in [3.05, 3.63) is 53.2 Å². The molecule has 3 rings (SSSR count). The van der Waals surface area contributed by atoms with E-state index in [2.05, 4.69) is 26.1 Å². The Kier molecular flexibility index (Phi) is 3.56. The first-order valence-corrected chi connectivity index (χ1v) is 6.80. The summed E-state index contributed by atoms with van der Waals surface area (Å²) in [6.45, 7) is 1.85. The molecular formula is C14H11BrN2O3. The van der Waals surface area contributed by atoms with Crippen molar-refractivity contribution in [1.29, 1.82) is 0 Å². The molecule has 3 aromatic rings. The first kappa shape index (κ1) is 12.9. The summed E-state index contributed by atoms with van der Waals surface area (Å²) >= 11 is 3.40. The third-order valence-electron chi connectivity index (χ3n) is 2.67. The normalized spacial score (nSPS) is 12.3. The van der Waals surface area contributed by atoms with Crippen molar-refractivity contribution in [2.45, 2.75) is 13.0 Å². The minimum atomic E-state index is -0.336. The van der Waals surface area contributed by atoms with Crippen molar-refractivity contribution in [3.8, 4) is 17.2 Å². The Morgan fingerprint density at radius 1 is 1.25 bits per heavy atom. The van der Waals surface area contributed by atoms with Crippen LogP contribution in [0.4, 0.5) is 0 Å². The van der Waals surface area contributed by atoms with Gasteiger partial charge in [-0.25, -0.2) is 0 Å². The maximum Gasteiger partial charge on any atom is 0.257 e. The molecule has 5 nitrogen and oxygen atoms in total. The minimum Gasteiger partial charge on any atom is -0.481 e. The summed E-state index contributed by atoms with van der Waals surface area (Å²) in [6, 6.07) is 9.34. The molecule has 1 atom stereocenters. The highest BCUT2D eigenvalue weighted by Gasteiger charge is 2.17. The number of benzene rings is 1.